The second kappa shape index (κ2) is 9.74. The summed E-state index contributed by atoms with van der Waals surface area (Å²) in [6.45, 7) is 5.10. The van der Waals surface area contributed by atoms with Crippen LogP contribution in [0.3, 0.4) is 0 Å². The number of benzene rings is 2. The number of nitrogens with zero attached hydrogens (tertiary/aromatic N) is 2. The van der Waals surface area contributed by atoms with Crippen LogP contribution in [0.4, 0.5) is 0 Å². The molecule has 2 aromatic rings. The first-order valence-corrected chi connectivity index (χ1v) is 13.4. The van der Waals surface area contributed by atoms with Crippen molar-refractivity contribution in [2.45, 2.75) is 57.0 Å². The van der Waals surface area contributed by atoms with E-state index in [1.165, 1.54) is 47.9 Å². The zero-order valence-electron chi connectivity index (χ0n) is 20.6. The lowest BCUT2D eigenvalue weighted by Crippen LogP contribution is -2.37. The van der Waals surface area contributed by atoms with Gasteiger partial charge in [0, 0.05) is 55.9 Å². The van der Waals surface area contributed by atoms with Crippen molar-refractivity contribution >= 4 is 0 Å². The maximum Gasteiger partial charge on any atom is 0.142 e. The smallest absolute Gasteiger partial charge is 0.142 e. The quantitative estimate of drug-likeness (QED) is 0.601. The van der Waals surface area contributed by atoms with Gasteiger partial charge in [-0.15, -0.1) is 0 Å². The standard InChI is InChI=1S/C29H38N2O4/c32-11-1-9-30-17-22-14-25(5-7-27(22)34-19-30)29(16-21-3-4-24(29)13-21)26-6-8-28-23(15-26)18-31(20-35-28)10-2-12-33/h5-8,14-15,21,24,32-33H,1-4,9-13,16-20H2. The lowest BCUT2D eigenvalue weighted by molar-refractivity contribution is 0.0880. The molecule has 2 bridgehead atoms. The number of aliphatic hydroxyl groups excluding tert-OH is 2. The fourth-order valence-electron chi connectivity index (χ4n) is 7.22. The Morgan fingerprint density at radius 3 is 1.83 bits per heavy atom. The van der Waals surface area contributed by atoms with Gasteiger partial charge in [0.05, 0.1) is 0 Å². The molecule has 0 radical (unpaired) electrons. The number of aliphatic hydroxyl groups is 2. The van der Waals surface area contributed by atoms with E-state index in [1.54, 1.807) is 0 Å². The molecule has 188 valence electrons. The molecule has 2 atom stereocenters. The van der Waals surface area contributed by atoms with E-state index in [4.69, 9.17) is 9.47 Å². The average molecular weight is 479 g/mol. The number of hydrogen-bond donors (Lipinski definition) is 2. The predicted octanol–water partition coefficient (Wildman–Crippen LogP) is 3.86. The van der Waals surface area contributed by atoms with Crippen LogP contribution in [0.2, 0.25) is 0 Å². The molecule has 6 heteroatoms. The van der Waals surface area contributed by atoms with E-state index in [0.29, 0.717) is 19.4 Å². The molecular weight excluding hydrogens is 440 g/mol. The van der Waals surface area contributed by atoms with E-state index in [-0.39, 0.29) is 18.6 Å². The van der Waals surface area contributed by atoms with Crippen LogP contribution in [0.25, 0.3) is 0 Å². The molecule has 0 amide bonds. The van der Waals surface area contributed by atoms with Crippen LogP contribution in [-0.2, 0) is 18.5 Å². The minimum Gasteiger partial charge on any atom is -0.478 e. The third-order valence-corrected chi connectivity index (χ3v) is 8.86. The zero-order chi connectivity index (χ0) is 23.8. The molecule has 6 rings (SSSR count). The number of fused-ring (bicyclic) bond motifs is 4. The highest BCUT2D eigenvalue weighted by Crippen LogP contribution is 2.60. The van der Waals surface area contributed by atoms with Crippen molar-refractivity contribution < 1.29 is 19.7 Å². The van der Waals surface area contributed by atoms with Crippen molar-refractivity contribution in [2.24, 2.45) is 11.8 Å². The summed E-state index contributed by atoms with van der Waals surface area (Å²) in [6, 6.07) is 13.9. The zero-order valence-corrected chi connectivity index (χ0v) is 20.6. The van der Waals surface area contributed by atoms with Gasteiger partial charge in [0.2, 0.25) is 0 Å². The van der Waals surface area contributed by atoms with Crippen molar-refractivity contribution in [2.75, 3.05) is 39.8 Å². The Morgan fingerprint density at radius 1 is 0.800 bits per heavy atom. The van der Waals surface area contributed by atoms with E-state index in [2.05, 4.69) is 46.2 Å². The first-order valence-electron chi connectivity index (χ1n) is 13.4. The first-order chi connectivity index (χ1) is 17.2. The van der Waals surface area contributed by atoms with Gasteiger partial charge in [0.15, 0.2) is 0 Å². The van der Waals surface area contributed by atoms with Gasteiger partial charge in [-0.25, -0.2) is 0 Å². The van der Waals surface area contributed by atoms with Crippen molar-refractivity contribution in [1.29, 1.82) is 0 Å². The van der Waals surface area contributed by atoms with Gasteiger partial charge in [0.25, 0.3) is 0 Å². The first kappa shape index (κ1) is 23.3. The van der Waals surface area contributed by atoms with Gasteiger partial charge in [-0.1, -0.05) is 18.6 Å². The summed E-state index contributed by atoms with van der Waals surface area (Å²) in [5.74, 6) is 3.49. The maximum atomic E-state index is 9.25. The molecule has 2 unspecified atom stereocenters. The summed E-state index contributed by atoms with van der Waals surface area (Å²) in [7, 11) is 0. The second-order valence-electron chi connectivity index (χ2n) is 11.0. The van der Waals surface area contributed by atoms with Crippen LogP contribution >= 0.6 is 0 Å². The lowest BCUT2D eigenvalue weighted by Gasteiger charge is -2.41. The monoisotopic (exact) mass is 478 g/mol. The highest BCUT2D eigenvalue weighted by Gasteiger charge is 2.53. The normalized spacial score (nSPS) is 25.1. The van der Waals surface area contributed by atoms with Crippen LogP contribution in [0, 0.1) is 11.8 Å². The maximum absolute atomic E-state index is 9.25. The van der Waals surface area contributed by atoms with Crippen molar-refractivity contribution in [3.63, 3.8) is 0 Å². The third kappa shape index (κ3) is 4.25. The van der Waals surface area contributed by atoms with Gasteiger partial charge in [-0.05, 0) is 79.3 Å². The number of rotatable bonds is 8. The topological polar surface area (TPSA) is 65.4 Å². The predicted molar refractivity (Wildman–Crippen MR) is 134 cm³/mol. The summed E-state index contributed by atoms with van der Waals surface area (Å²) < 4.78 is 12.1. The molecule has 6 nitrogen and oxygen atoms in total. The van der Waals surface area contributed by atoms with Gasteiger partial charge in [-0.2, -0.15) is 0 Å². The van der Waals surface area contributed by atoms with E-state index in [9.17, 15) is 10.2 Å². The van der Waals surface area contributed by atoms with Gasteiger partial charge in [-0.3, -0.25) is 9.80 Å². The Bertz CT molecular complexity index is 987. The molecule has 2 fully saturated rings. The highest BCUT2D eigenvalue weighted by molar-refractivity contribution is 5.51. The Kier molecular flexibility index (Phi) is 6.48. The molecule has 2 N–H and O–H groups in total. The Labute approximate surface area is 208 Å². The minimum absolute atomic E-state index is 0.0493. The van der Waals surface area contributed by atoms with Crippen molar-refractivity contribution in [3.05, 3.63) is 58.7 Å². The summed E-state index contributed by atoms with van der Waals surface area (Å²) in [4.78, 5) is 4.57. The highest BCUT2D eigenvalue weighted by atomic mass is 16.5. The molecule has 0 aromatic heterocycles. The third-order valence-electron chi connectivity index (χ3n) is 8.86. The summed E-state index contributed by atoms with van der Waals surface area (Å²) in [5.41, 5.74) is 5.46. The van der Waals surface area contributed by atoms with Crippen LogP contribution in [0.15, 0.2) is 36.4 Å². The van der Waals surface area contributed by atoms with Gasteiger partial charge < -0.3 is 19.7 Å². The Hall–Kier alpha value is -2.12. The Balaban J connectivity index is 1.35. The van der Waals surface area contributed by atoms with E-state index in [1.807, 2.05) is 0 Å². The summed E-state index contributed by atoms with van der Waals surface area (Å²) in [6.07, 6.45) is 6.76. The van der Waals surface area contributed by atoms with Crippen LogP contribution in [0.5, 0.6) is 11.5 Å². The van der Waals surface area contributed by atoms with Crippen molar-refractivity contribution in [1.82, 2.24) is 9.80 Å². The van der Waals surface area contributed by atoms with Crippen LogP contribution in [0.1, 0.15) is 60.8 Å². The molecule has 2 saturated carbocycles. The molecule has 2 aliphatic heterocycles. The molecule has 2 heterocycles. The largest absolute Gasteiger partial charge is 0.478 e. The molecule has 2 aliphatic carbocycles. The fourth-order valence-corrected chi connectivity index (χ4v) is 7.22. The van der Waals surface area contributed by atoms with E-state index < -0.39 is 0 Å². The summed E-state index contributed by atoms with van der Waals surface area (Å²) >= 11 is 0. The minimum atomic E-state index is 0.0493. The molecule has 2 aromatic carbocycles. The number of hydrogen-bond acceptors (Lipinski definition) is 6. The molecular formula is C29H38N2O4. The van der Waals surface area contributed by atoms with Crippen LogP contribution < -0.4 is 9.47 Å². The van der Waals surface area contributed by atoms with E-state index in [0.717, 1.165) is 56.4 Å². The summed E-state index contributed by atoms with van der Waals surface area (Å²) in [5, 5.41) is 18.5. The lowest BCUT2D eigenvalue weighted by atomic mass is 9.64. The SMILES string of the molecule is OCCCN1COc2ccc(C3(c4ccc5c(c4)CN(CCCO)CO5)CC4CCC3C4)cc2C1. The molecule has 0 saturated heterocycles. The Morgan fingerprint density at radius 2 is 1.37 bits per heavy atom. The fraction of sp³-hybridized carbons (Fsp3) is 0.586. The second-order valence-corrected chi connectivity index (χ2v) is 11.0. The number of ether oxygens (including phenoxy) is 2. The molecule has 4 aliphatic rings. The van der Waals surface area contributed by atoms with Gasteiger partial charge >= 0.3 is 0 Å². The van der Waals surface area contributed by atoms with Gasteiger partial charge in [0.1, 0.15) is 25.0 Å². The molecule has 35 heavy (non-hydrogen) atoms. The van der Waals surface area contributed by atoms with Crippen LogP contribution in [-0.4, -0.2) is 59.8 Å². The van der Waals surface area contributed by atoms with Crippen molar-refractivity contribution in [3.8, 4) is 11.5 Å². The molecule has 0 spiro atoms. The van der Waals surface area contributed by atoms with E-state index >= 15 is 0 Å². The average Bonchev–Trinajstić information content (AvgIpc) is 3.52.